The molecule has 0 aliphatic heterocycles. The van der Waals surface area contributed by atoms with E-state index in [2.05, 4.69) is 6.07 Å². The molecule has 2 rings (SSSR count). The highest BCUT2D eigenvalue weighted by Gasteiger charge is 2.13. The predicted molar refractivity (Wildman–Crippen MR) is 77.1 cm³/mol. The van der Waals surface area contributed by atoms with Gasteiger partial charge >= 0.3 is 0 Å². The molecule has 1 N–H and O–H groups in total. The molecule has 0 saturated heterocycles. The Labute approximate surface area is 117 Å². The Morgan fingerprint density at radius 3 is 2.53 bits per heavy atom. The highest BCUT2D eigenvalue weighted by atomic mass is 32.2. The molecule has 3 heteroatoms. The number of aliphatic hydroxyl groups is 1. The summed E-state index contributed by atoms with van der Waals surface area (Å²) in [6, 6.07) is 11.4. The molecular formula is C16H17FOS. The first-order valence-electron chi connectivity index (χ1n) is 6.20. The van der Waals surface area contributed by atoms with Crippen LogP contribution < -0.4 is 0 Å². The number of benzene rings is 2. The van der Waals surface area contributed by atoms with Crippen molar-refractivity contribution in [1.82, 2.24) is 0 Å². The van der Waals surface area contributed by atoms with Gasteiger partial charge in [-0.3, -0.25) is 0 Å². The monoisotopic (exact) mass is 276 g/mol. The summed E-state index contributed by atoms with van der Waals surface area (Å²) in [5, 5.41) is 9.77. The molecule has 2 aromatic carbocycles. The summed E-state index contributed by atoms with van der Waals surface area (Å²) in [6.45, 7) is 5.43. The highest BCUT2D eigenvalue weighted by Crippen LogP contribution is 2.35. The quantitative estimate of drug-likeness (QED) is 0.880. The fourth-order valence-corrected chi connectivity index (χ4v) is 3.12. The molecule has 0 spiro atoms. The van der Waals surface area contributed by atoms with Crippen LogP contribution in [0.4, 0.5) is 4.39 Å². The lowest BCUT2D eigenvalue weighted by molar-refractivity contribution is 0.196. The van der Waals surface area contributed by atoms with Crippen molar-refractivity contribution in [3.63, 3.8) is 0 Å². The second kappa shape index (κ2) is 5.76. The minimum absolute atomic E-state index is 0.274. The first-order valence-corrected chi connectivity index (χ1v) is 7.01. The Morgan fingerprint density at radius 1 is 1.16 bits per heavy atom. The molecule has 0 amide bonds. The first kappa shape index (κ1) is 14.1. The van der Waals surface area contributed by atoms with Crippen LogP contribution in [0.25, 0.3) is 0 Å². The van der Waals surface area contributed by atoms with Crippen molar-refractivity contribution < 1.29 is 9.50 Å². The number of aliphatic hydroxyl groups excluding tert-OH is 1. The zero-order valence-corrected chi connectivity index (χ0v) is 12.1. The minimum Gasteiger partial charge on any atom is -0.389 e. The van der Waals surface area contributed by atoms with E-state index in [9.17, 15) is 9.50 Å². The van der Waals surface area contributed by atoms with E-state index in [1.807, 2.05) is 25.1 Å². The first-order chi connectivity index (χ1) is 8.97. The topological polar surface area (TPSA) is 20.2 Å². The molecule has 0 saturated carbocycles. The molecule has 0 aliphatic rings. The Bertz CT molecular complexity index is 593. The van der Waals surface area contributed by atoms with Crippen LogP contribution in [0.3, 0.4) is 0 Å². The van der Waals surface area contributed by atoms with Gasteiger partial charge in [-0.1, -0.05) is 29.5 Å². The third kappa shape index (κ3) is 3.37. The van der Waals surface area contributed by atoms with Crippen LogP contribution in [0.5, 0.6) is 0 Å². The number of aryl methyl sites for hydroxylation is 2. The van der Waals surface area contributed by atoms with Gasteiger partial charge in [-0.25, -0.2) is 4.39 Å². The van der Waals surface area contributed by atoms with Crippen LogP contribution in [-0.4, -0.2) is 5.11 Å². The van der Waals surface area contributed by atoms with E-state index in [1.165, 1.54) is 11.6 Å². The third-order valence-corrected chi connectivity index (χ3v) is 4.02. The van der Waals surface area contributed by atoms with Gasteiger partial charge in [0.1, 0.15) is 5.82 Å². The largest absolute Gasteiger partial charge is 0.389 e. The van der Waals surface area contributed by atoms with Gasteiger partial charge in [0.2, 0.25) is 0 Å². The van der Waals surface area contributed by atoms with Gasteiger partial charge in [0.05, 0.1) is 6.10 Å². The van der Waals surface area contributed by atoms with Crippen molar-refractivity contribution in [3.8, 4) is 0 Å². The molecule has 0 aliphatic carbocycles. The molecule has 0 aromatic heterocycles. The summed E-state index contributed by atoms with van der Waals surface area (Å²) in [5.74, 6) is -0.274. The zero-order valence-electron chi connectivity index (χ0n) is 11.3. The fourth-order valence-electron chi connectivity index (χ4n) is 1.89. The molecule has 0 bridgehead atoms. The fraction of sp³-hybridized carbons (Fsp3) is 0.250. The SMILES string of the molecule is Cc1cccc(Sc2cc(C)c(F)cc2[C@H](C)O)c1. The molecule has 0 radical (unpaired) electrons. The third-order valence-electron chi connectivity index (χ3n) is 2.96. The Hall–Kier alpha value is -1.32. The van der Waals surface area contributed by atoms with E-state index < -0.39 is 6.10 Å². The standard InChI is InChI=1S/C16H17FOS/c1-10-5-4-6-13(7-10)19-16-8-11(2)15(17)9-14(16)12(3)18/h4-9,12,18H,1-3H3/t12-/m0/s1. The van der Waals surface area contributed by atoms with Crippen molar-refractivity contribution in [1.29, 1.82) is 0 Å². The summed E-state index contributed by atoms with van der Waals surface area (Å²) in [7, 11) is 0. The van der Waals surface area contributed by atoms with Crippen LogP contribution in [0.15, 0.2) is 46.2 Å². The van der Waals surface area contributed by atoms with Crippen molar-refractivity contribution in [2.45, 2.75) is 36.7 Å². The second-order valence-corrected chi connectivity index (χ2v) is 5.85. The average molecular weight is 276 g/mol. The lowest BCUT2D eigenvalue weighted by atomic mass is 10.1. The Balaban J connectivity index is 2.41. The summed E-state index contributed by atoms with van der Waals surface area (Å²) in [6.07, 6.45) is -0.678. The summed E-state index contributed by atoms with van der Waals surface area (Å²) in [5.41, 5.74) is 2.41. The predicted octanol–water partition coefficient (Wildman–Crippen LogP) is 4.65. The van der Waals surface area contributed by atoms with Gasteiger partial charge in [-0.2, -0.15) is 0 Å². The van der Waals surface area contributed by atoms with Crippen molar-refractivity contribution in [3.05, 3.63) is 58.9 Å². The van der Waals surface area contributed by atoms with E-state index >= 15 is 0 Å². The van der Waals surface area contributed by atoms with Gasteiger partial charge < -0.3 is 5.11 Å². The van der Waals surface area contributed by atoms with E-state index in [0.29, 0.717) is 11.1 Å². The maximum atomic E-state index is 13.6. The molecule has 19 heavy (non-hydrogen) atoms. The van der Waals surface area contributed by atoms with E-state index in [4.69, 9.17) is 0 Å². The maximum Gasteiger partial charge on any atom is 0.126 e. The van der Waals surface area contributed by atoms with E-state index in [0.717, 1.165) is 9.79 Å². The number of halogens is 1. The van der Waals surface area contributed by atoms with Crippen molar-refractivity contribution in [2.75, 3.05) is 0 Å². The van der Waals surface area contributed by atoms with Gasteiger partial charge in [-0.15, -0.1) is 0 Å². The van der Waals surface area contributed by atoms with Gasteiger partial charge in [-0.05, 0) is 56.2 Å². The second-order valence-electron chi connectivity index (χ2n) is 4.73. The molecule has 1 nitrogen and oxygen atoms in total. The lowest BCUT2D eigenvalue weighted by Gasteiger charge is -2.13. The molecule has 0 fully saturated rings. The smallest absolute Gasteiger partial charge is 0.126 e. The minimum atomic E-state index is -0.678. The Kier molecular flexibility index (Phi) is 4.27. The van der Waals surface area contributed by atoms with E-state index in [-0.39, 0.29) is 5.82 Å². The summed E-state index contributed by atoms with van der Waals surface area (Å²) in [4.78, 5) is 1.99. The summed E-state index contributed by atoms with van der Waals surface area (Å²) < 4.78 is 13.6. The normalized spacial score (nSPS) is 12.5. The lowest BCUT2D eigenvalue weighted by Crippen LogP contribution is -1.97. The number of hydrogen-bond donors (Lipinski definition) is 1. The van der Waals surface area contributed by atoms with E-state index in [1.54, 1.807) is 31.7 Å². The number of hydrogen-bond acceptors (Lipinski definition) is 2. The van der Waals surface area contributed by atoms with Gasteiger partial charge in [0.25, 0.3) is 0 Å². The van der Waals surface area contributed by atoms with Crippen LogP contribution >= 0.6 is 11.8 Å². The van der Waals surface area contributed by atoms with Crippen LogP contribution in [0, 0.1) is 19.7 Å². The zero-order chi connectivity index (χ0) is 14.0. The molecule has 2 aromatic rings. The van der Waals surface area contributed by atoms with Crippen LogP contribution in [0.2, 0.25) is 0 Å². The van der Waals surface area contributed by atoms with Gasteiger partial charge in [0, 0.05) is 9.79 Å². The van der Waals surface area contributed by atoms with Crippen molar-refractivity contribution in [2.24, 2.45) is 0 Å². The van der Waals surface area contributed by atoms with Crippen molar-refractivity contribution >= 4 is 11.8 Å². The van der Waals surface area contributed by atoms with Gasteiger partial charge in [0.15, 0.2) is 0 Å². The average Bonchev–Trinajstić information content (AvgIpc) is 2.33. The number of rotatable bonds is 3. The molecular weight excluding hydrogens is 259 g/mol. The molecule has 0 unspecified atom stereocenters. The highest BCUT2D eigenvalue weighted by molar-refractivity contribution is 7.99. The van der Waals surface area contributed by atoms with Crippen LogP contribution in [0.1, 0.15) is 29.7 Å². The summed E-state index contributed by atoms with van der Waals surface area (Å²) >= 11 is 1.55. The Morgan fingerprint density at radius 2 is 1.89 bits per heavy atom. The molecule has 1 atom stereocenters. The molecule has 0 heterocycles. The maximum absolute atomic E-state index is 13.6. The van der Waals surface area contributed by atoms with Crippen LogP contribution in [-0.2, 0) is 0 Å². The molecule has 100 valence electrons.